The van der Waals surface area contributed by atoms with Gasteiger partial charge >= 0.3 is 0 Å². The first-order chi connectivity index (χ1) is 7.33. The van der Waals surface area contributed by atoms with Crippen LogP contribution in [0.5, 0.6) is 0 Å². The molecule has 78 valence electrons. The molecule has 2 aromatic rings. The van der Waals surface area contributed by atoms with E-state index in [1.807, 2.05) is 19.2 Å². The van der Waals surface area contributed by atoms with E-state index in [-0.39, 0.29) is 6.04 Å². The summed E-state index contributed by atoms with van der Waals surface area (Å²) < 4.78 is 0. The van der Waals surface area contributed by atoms with E-state index >= 15 is 0 Å². The second kappa shape index (κ2) is 4.05. The number of nitrogens with two attached hydrogens (primary N) is 1. The molecule has 0 amide bonds. The zero-order valence-electron chi connectivity index (χ0n) is 8.31. The smallest absolute Gasteiger partial charge is 0.128 e. The zero-order valence-corrected chi connectivity index (χ0v) is 8.31. The number of anilines is 1. The van der Waals surface area contributed by atoms with Gasteiger partial charge < -0.3 is 11.1 Å². The third kappa shape index (κ3) is 1.79. The number of H-pyrrole nitrogens is 1. The summed E-state index contributed by atoms with van der Waals surface area (Å²) in [7, 11) is 1.84. The lowest BCUT2D eigenvalue weighted by molar-refractivity contribution is 0.667. The molecule has 15 heavy (non-hydrogen) atoms. The maximum absolute atomic E-state index is 5.79. The van der Waals surface area contributed by atoms with Crippen molar-refractivity contribution < 1.29 is 0 Å². The first kappa shape index (κ1) is 9.60. The van der Waals surface area contributed by atoms with Crippen LogP contribution in [-0.2, 0) is 0 Å². The molecule has 0 aliphatic heterocycles. The first-order valence-corrected chi connectivity index (χ1v) is 4.56. The fraction of sp³-hybridized carbons (Fsp3) is 0.222. The highest BCUT2D eigenvalue weighted by Crippen LogP contribution is 2.22. The maximum atomic E-state index is 5.79. The summed E-state index contributed by atoms with van der Waals surface area (Å²) in [6, 6.07) is 3.67. The molecule has 6 heteroatoms. The third-order valence-electron chi connectivity index (χ3n) is 2.20. The summed E-state index contributed by atoms with van der Waals surface area (Å²) in [6.45, 7) is 0. The minimum absolute atomic E-state index is 0.0857. The molecule has 0 bridgehead atoms. The van der Waals surface area contributed by atoms with Crippen LogP contribution in [0.25, 0.3) is 0 Å². The Morgan fingerprint density at radius 2 is 2.40 bits per heavy atom. The summed E-state index contributed by atoms with van der Waals surface area (Å²) in [5, 5.41) is 13.5. The largest absolute Gasteiger partial charge is 0.383 e. The van der Waals surface area contributed by atoms with Gasteiger partial charge in [0.25, 0.3) is 0 Å². The van der Waals surface area contributed by atoms with Crippen LogP contribution in [0.4, 0.5) is 5.82 Å². The highest BCUT2D eigenvalue weighted by molar-refractivity contribution is 5.43. The van der Waals surface area contributed by atoms with Crippen molar-refractivity contribution in [3.05, 3.63) is 35.8 Å². The van der Waals surface area contributed by atoms with Crippen LogP contribution in [-0.4, -0.2) is 27.4 Å². The Balaban J connectivity index is 2.40. The Labute approximate surface area is 86.9 Å². The Morgan fingerprint density at radius 1 is 1.53 bits per heavy atom. The van der Waals surface area contributed by atoms with Crippen molar-refractivity contribution in [2.45, 2.75) is 6.04 Å². The van der Waals surface area contributed by atoms with Gasteiger partial charge in [-0.15, -0.1) is 0 Å². The van der Waals surface area contributed by atoms with Gasteiger partial charge in [0.15, 0.2) is 0 Å². The molecule has 1 unspecified atom stereocenters. The standard InChI is InChI=1S/C9H12N6/c1-11-8(7-5-13-15-14-7)6-3-2-4-12-9(6)10/h2-5,8,11H,1H3,(H2,10,12)(H,13,14,15). The molecular weight excluding hydrogens is 192 g/mol. The lowest BCUT2D eigenvalue weighted by atomic mass is 10.1. The van der Waals surface area contributed by atoms with Gasteiger partial charge in [0.2, 0.25) is 0 Å². The van der Waals surface area contributed by atoms with Crippen LogP contribution in [0.1, 0.15) is 17.3 Å². The van der Waals surface area contributed by atoms with Crippen LogP contribution >= 0.6 is 0 Å². The molecule has 0 saturated heterocycles. The summed E-state index contributed by atoms with van der Waals surface area (Å²) in [4.78, 5) is 4.04. The predicted octanol–water partition coefficient (Wildman–Crippen LogP) is 0.0907. The molecule has 2 aromatic heterocycles. The highest BCUT2D eigenvalue weighted by atomic mass is 15.3. The monoisotopic (exact) mass is 204 g/mol. The van der Waals surface area contributed by atoms with Gasteiger partial charge in [0, 0.05) is 11.8 Å². The first-order valence-electron chi connectivity index (χ1n) is 4.56. The average Bonchev–Trinajstić information content (AvgIpc) is 2.75. The van der Waals surface area contributed by atoms with Crippen molar-refractivity contribution in [3.8, 4) is 0 Å². The second-order valence-corrected chi connectivity index (χ2v) is 3.09. The fourth-order valence-electron chi connectivity index (χ4n) is 1.49. The lowest BCUT2D eigenvalue weighted by Crippen LogP contribution is -2.19. The topological polar surface area (TPSA) is 92.5 Å². The molecule has 2 heterocycles. The molecule has 0 aliphatic carbocycles. The Hall–Kier alpha value is -1.95. The Kier molecular flexibility index (Phi) is 2.59. The molecule has 1 atom stereocenters. The van der Waals surface area contributed by atoms with E-state index < -0.39 is 0 Å². The van der Waals surface area contributed by atoms with Crippen molar-refractivity contribution in [3.63, 3.8) is 0 Å². The molecule has 0 aromatic carbocycles. The predicted molar refractivity (Wildman–Crippen MR) is 55.9 cm³/mol. The molecule has 4 N–H and O–H groups in total. The number of aromatic amines is 1. The van der Waals surface area contributed by atoms with Crippen molar-refractivity contribution in [2.75, 3.05) is 12.8 Å². The third-order valence-corrected chi connectivity index (χ3v) is 2.20. The van der Waals surface area contributed by atoms with Crippen LogP contribution in [0.3, 0.4) is 0 Å². The number of pyridine rings is 1. The van der Waals surface area contributed by atoms with Crippen LogP contribution in [0.2, 0.25) is 0 Å². The second-order valence-electron chi connectivity index (χ2n) is 3.09. The molecule has 0 fully saturated rings. The van der Waals surface area contributed by atoms with Crippen LogP contribution in [0, 0.1) is 0 Å². The summed E-state index contributed by atoms with van der Waals surface area (Å²) in [5.74, 6) is 0.500. The minimum Gasteiger partial charge on any atom is -0.383 e. The van der Waals surface area contributed by atoms with Crippen LogP contribution in [0.15, 0.2) is 24.5 Å². The number of nitrogens with one attached hydrogen (secondary N) is 2. The van der Waals surface area contributed by atoms with Crippen LogP contribution < -0.4 is 11.1 Å². The van der Waals surface area contributed by atoms with Gasteiger partial charge in [-0.05, 0) is 13.1 Å². The molecule has 6 nitrogen and oxygen atoms in total. The minimum atomic E-state index is -0.0857. The van der Waals surface area contributed by atoms with Gasteiger partial charge in [-0.2, -0.15) is 15.4 Å². The highest BCUT2D eigenvalue weighted by Gasteiger charge is 2.17. The van der Waals surface area contributed by atoms with Gasteiger partial charge in [-0.25, -0.2) is 4.98 Å². The van der Waals surface area contributed by atoms with Gasteiger partial charge in [0.05, 0.1) is 12.2 Å². The van der Waals surface area contributed by atoms with E-state index in [2.05, 4.69) is 25.7 Å². The van der Waals surface area contributed by atoms with Crippen molar-refractivity contribution in [2.24, 2.45) is 0 Å². The molecule has 0 aliphatic rings. The van der Waals surface area contributed by atoms with Gasteiger partial charge in [-0.3, -0.25) is 0 Å². The molecular formula is C9H12N6. The molecule has 2 rings (SSSR count). The van der Waals surface area contributed by atoms with E-state index in [9.17, 15) is 0 Å². The number of nitrogens with zero attached hydrogens (tertiary/aromatic N) is 3. The zero-order chi connectivity index (χ0) is 10.7. The summed E-state index contributed by atoms with van der Waals surface area (Å²) in [5.41, 5.74) is 7.48. The molecule has 0 spiro atoms. The maximum Gasteiger partial charge on any atom is 0.128 e. The van der Waals surface area contributed by atoms with Crippen molar-refractivity contribution in [1.29, 1.82) is 0 Å². The fourth-order valence-corrected chi connectivity index (χ4v) is 1.49. The van der Waals surface area contributed by atoms with E-state index in [1.165, 1.54) is 0 Å². The van der Waals surface area contributed by atoms with E-state index in [1.54, 1.807) is 12.4 Å². The van der Waals surface area contributed by atoms with Crippen molar-refractivity contribution in [1.82, 2.24) is 25.7 Å². The number of aromatic nitrogens is 4. The lowest BCUT2D eigenvalue weighted by Gasteiger charge is -2.14. The Bertz CT molecular complexity index is 424. The number of rotatable bonds is 3. The number of hydrogen-bond acceptors (Lipinski definition) is 5. The Morgan fingerprint density at radius 3 is 3.00 bits per heavy atom. The van der Waals surface area contributed by atoms with E-state index in [0.717, 1.165) is 11.3 Å². The quantitative estimate of drug-likeness (QED) is 0.659. The average molecular weight is 204 g/mol. The van der Waals surface area contributed by atoms with Gasteiger partial charge in [0.1, 0.15) is 11.5 Å². The van der Waals surface area contributed by atoms with E-state index in [0.29, 0.717) is 5.82 Å². The van der Waals surface area contributed by atoms with Gasteiger partial charge in [-0.1, -0.05) is 6.07 Å². The number of hydrogen-bond donors (Lipinski definition) is 3. The summed E-state index contributed by atoms with van der Waals surface area (Å²) >= 11 is 0. The normalized spacial score (nSPS) is 12.6. The summed E-state index contributed by atoms with van der Waals surface area (Å²) in [6.07, 6.45) is 3.32. The SMILES string of the molecule is CNC(c1cn[nH]n1)c1cccnc1N. The molecule has 0 saturated carbocycles. The number of nitrogen functional groups attached to an aromatic ring is 1. The van der Waals surface area contributed by atoms with Crippen molar-refractivity contribution >= 4 is 5.82 Å². The van der Waals surface area contributed by atoms with E-state index in [4.69, 9.17) is 5.73 Å². The molecule has 0 radical (unpaired) electrons.